The van der Waals surface area contributed by atoms with Crippen LogP contribution in [0.25, 0.3) is 0 Å². The lowest BCUT2D eigenvalue weighted by atomic mass is 9.88. The summed E-state index contributed by atoms with van der Waals surface area (Å²) in [6.07, 6.45) is 2.86. The number of carbonyl (C=O) groups excluding carboxylic acids is 8. The second kappa shape index (κ2) is 41.2. The molecule has 4 heterocycles. The van der Waals surface area contributed by atoms with Gasteiger partial charge in [0.1, 0.15) is 119 Å². The molecule has 4 N–H and O–H groups in total. The molecule has 8 aromatic rings. The highest BCUT2D eigenvalue weighted by Crippen LogP contribution is 2.43. The van der Waals surface area contributed by atoms with Crippen LogP contribution in [0.5, 0.6) is 23.0 Å². The van der Waals surface area contributed by atoms with Crippen LogP contribution in [0, 0.1) is 0 Å². The minimum absolute atomic E-state index is 0.153. The van der Waals surface area contributed by atoms with Crippen LogP contribution in [0.2, 0.25) is 0 Å². The van der Waals surface area contributed by atoms with E-state index in [0.29, 0.717) is 45.8 Å². The Bertz CT molecular complexity index is 4380. The summed E-state index contributed by atoms with van der Waals surface area (Å²) in [6, 6.07) is 12.3. The molecule has 1 aliphatic carbocycles. The number of hydrogen-bond acceptors (Lipinski definition) is 28. The molecule has 0 radical (unpaired) electrons. The molecule has 1 aliphatic rings. The molecule has 672 valence electrons. The van der Waals surface area contributed by atoms with Crippen molar-refractivity contribution < 1.29 is 95.2 Å². The number of nitrogens with one attached hydrogen (secondary N) is 4. The van der Waals surface area contributed by atoms with Crippen molar-refractivity contribution in [1.82, 2.24) is 81.2 Å². The third kappa shape index (κ3) is 30.0. The Hall–Kier alpha value is -12.4. The highest BCUT2D eigenvalue weighted by atomic mass is 16.6. The van der Waals surface area contributed by atoms with E-state index in [4.69, 9.17) is 56.8 Å². The maximum atomic E-state index is 13.3. The van der Waals surface area contributed by atoms with E-state index in [1.807, 2.05) is 55.4 Å². The number of alkyl carbamates (subject to hydrolysis) is 4. The molecule has 0 saturated heterocycles. The van der Waals surface area contributed by atoms with Crippen molar-refractivity contribution in [3.05, 3.63) is 163 Å². The van der Waals surface area contributed by atoms with E-state index in [9.17, 15) is 38.4 Å². The molecule has 0 aliphatic heterocycles. The number of aromatic nitrogens is 12. The van der Waals surface area contributed by atoms with Gasteiger partial charge in [0.25, 0.3) is 0 Å². The van der Waals surface area contributed by atoms with Gasteiger partial charge in [-0.1, -0.05) is 20.9 Å². The van der Waals surface area contributed by atoms with Gasteiger partial charge in [-0.2, -0.15) is 0 Å². The van der Waals surface area contributed by atoms with E-state index in [1.165, 1.54) is 27.7 Å². The van der Waals surface area contributed by atoms with Crippen molar-refractivity contribution in [2.24, 2.45) is 0 Å². The number of fused-ring (bicyclic) bond motifs is 8. The number of nitrogens with zero attached hydrogens (tertiary/aromatic N) is 12. The Morgan fingerprint density at radius 1 is 0.298 bits per heavy atom. The molecule has 4 amide bonds. The van der Waals surface area contributed by atoms with E-state index >= 15 is 0 Å². The Labute approximate surface area is 722 Å². The van der Waals surface area contributed by atoms with Crippen molar-refractivity contribution in [1.29, 1.82) is 0 Å². The van der Waals surface area contributed by atoms with Gasteiger partial charge in [-0.15, -0.1) is 20.4 Å². The third-order valence-corrected chi connectivity index (χ3v) is 17.7. The third-order valence-electron chi connectivity index (χ3n) is 17.7. The van der Waals surface area contributed by atoms with Gasteiger partial charge in [0.15, 0.2) is 0 Å². The zero-order valence-corrected chi connectivity index (χ0v) is 75.6. The summed E-state index contributed by atoms with van der Waals surface area (Å²) in [6.45, 7) is 41.8. The largest absolute Gasteiger partial charge is 0.490 e. The number of esters is 4. The first-order valence-electron chi connectivity index (χ1n) is 41.5. The summed E-state index contributed by atoms with van der Waals surface area (Å²) < 4.78 is 79.2. The monoisotopic (exact) mass is 1720 g/mol. The first-order chi connectivity index (χ1) is 58.0. The van der Waals surface area contributed by atoms with E-state index in [2.05, 4.69) is 111 Å². The number of carbonyl (C=O) groups is 8. The molecule has 4 aromatic heterocycles. The van der Waals surface area contributed by atoms with Gasteiger partial charge in [0, 0.05) is 25.7 Å². The number of ether oxygens (including phenoxy) is 12. The Kier molecular flexibility index (Phi) is 31.7. The SMILES string of the molecule is CC(C)Oc1c2cc(Cn3cc(COC(=O)C(C)NC(=O)OC(C)(C)C)nn3)cc1Cc1cc(Cn3cc(COC(=O)C(C)NC(=O)OC(C)(C)C)nn3)cc(c1OC(C)C)Cc1cc(Cn3cc(COC(=O)C(C)NC(=O)OC(C)(C)C)nn3)cc(c1OC(C)C)Cc1cc(Cn3cc(COC(=O)C(C)NC(=O)OC(C)(C)C)nn3)cc(c1OC(C)C)C2. The number of hydrogen-bond donors (Lipinski definition) is 4. The lowest BCUT2D eigenvalue weighted by Gasteiger charge is -2.26. The van der Waals surface area contributed by atoms with Crippen LogP contribution in [0.4, 0.5) is 19.2 Å². The fraction of sp³-hybridized carbons (Fsp3) is 0.545. The lowest BCUT2D eigenvalue weighted by Crippen LogP contribution is -2.42. The number of amides is 4. The quantitative estimate of drug-likeness (QED) is 0.0225. The molecule has 0 fully saturated rings. The molecular formula is C88H120N16O20. The van der Waals surface area contributed by atoms with Gasteiger partial charge in [-0.05, 0) is 281 Å². The minimum atomic E-state index is -1.05. The van der Waals surface area contributed by atoms with Crippen LogP contribution >= 0.6 is 0 Å². The molecule has 4 aromatic carbocycles. The van der Waals surface area contributed by atoms with Crippen LogP contribution in [-0.4, -0.2) is 179 Å². The predicted octanol–water partition coefficient (Wildman–Crippen LogP) is 11.9. The molecule has 36 nitrogen and oxygen atoms in total. The molecule has 4 atom stereocenters. The van der Waals surface area contributed by atoms with Crippen molar-refractivity contribution in [3.8, 4) is 23.0 Å². The molecule has 9 rings (SSSR count). The Morgan fingerprint density at radius 2 is 0.468 bits per heavy atom. The molecule has 4 unspecified atom stereocenters. The van der Waals surface area contributed by atoms with Crippen molar-refractivity contribution >= 4 is 48.3 Å². The van der Waals surface area contributed by atoms with Crippen LogP contribution in [0.1, 0.15) is 256 Å². The van der Waals surface area contributed by atoms with Crippen LogP contribution in [0.3, 0.4) is 0 Å². The van der Waals surface area contributed by atoms with Gasteiger partial charge in [0.05, 0.1) is 75.4 Å². The minimum Gasteiger partial charge on any atom is -0.490 e. The topological polar surface area (TPSA) is 418 Å². The summed E-state index contributed by atoms with van der Waals surface area (Å²) in [5.41, 5.74) is 7.20. The van der Waals surface area contributed by atoms with E-state index in [-0.39, 0.29) is 103 Å². The Balaban J connectivity index is 1.22. The Morgan fingerprint density at radius 3 is 0.621 bits per heavy atom. The first kappa shape index (κ1) is 95.4. The fourth-order valence-electron chi connectivity index (χ4n) is 13.0. The molecular weight excluding hydrogens is 1600 g/mol. The molecule has 36 heteroatoms. The van der Waals surface area contributed by atoms with Gasteiger partial charge in [0.2, 0.25) is 0 Å². The summed E-state index contributed by atoms with van der Waals surface area (Å²) in [4.78, 5) is 104. The van der Waals surface area contributed by atoms with Crippen molar-refractivity contribution in [2.75, 3.05) is 0 Å². The molecule has 0 saturated carbocycles. The van der Waals surface area contributed by atoms with E-state index in [1.54, 1.807) is 127 Å². The van der Waals surface area contributed by atoms with Gasteiger partial charge >= 0.3 is 48.3 Å². The summed E-state index contributed by atoms with van der Waals surface area (Å²) >= 11 is 0. The smallest absolute Gasteiger partial charge is 0.408 e. The van der Waals surface area contributed by atoms with Crippen molar-refractivity contribution in [2.45, 2.75) is 315 Å². The highest BCUT2D eigenvalue weighted by molar-refractivity contribution is 5.83. The zero-order chi connectivity index (χ0) is 91.0. The second-order valence-electron chi connectivity index (χ2n) is 35.9. The van der Waals surface area contributed by atoms with Gasteiger partial charge in [-0.25, -0.2) is 57.1 Å². The summed E-state index contributed by atoms with van der Waals surface area (Å²) in [7, 11) is 0. The van der Waals surface area contributed by atoms with Crippen LogP contribution in [0.15, 0.2) is 73.3 Å². The summed E-state index contributed by atoms with van der Waals surface area (Å²) in [5.74, 6) is -0.562. The van der Waals surface area contributed by atoms with E-state index < -0.39 is 94.8 Å². The first-order valence-corrected chi connectivity index (χ1v) is 41.5. The fourth-order valence-corrected chi connectivity index (χ4v) is 13.0. The average Bonchev–Trinajstić information content (AvgIpc) is 0.941. The normalized spacial score (nSPS) is 13.4. The van der Waals surface area contributed by atoms with Crippen LogP contribution < -0.4 is 40.2 Å². The van der Waals surface area contributed by atoms with E-state index in [0.717, 1.165) is 66.8 Å². The second-order valence-corrected chi connectivity index (χ2v) is 35.9. The van der Waals surface area contributed by atoms with Gasteiger partial charge < -0.3 is 78.1 Å². The molecule has 0 spiro atoms. The van der Waals surface area contributed by atoms with Gasteiger partial charge in [-0.3, -0.25) is 0 Å². The van der Waals surface area contributed by atoms with Crippen molar-refractivity contribution in [3.63, 3.8) is 0 Å². The zero-order valence-electron chi connectivity index (χ0n) is 75.6. The summed E-state index contributed by atoms with van der Waals surface area (Å²) in [5, 5.41) is 45.8. The standard InChI is InChI=1S/C88H120N16O20/c1-49(2)117-73-61-25-57(37-101-41-69(93-97-101)45-113-77(105)53(9)89-81(109)121-85(13,14)15)26-62(73)34-64-28-59(39-103-43-71(95-99-103)47-115-79(107)55(11)91-83(111)123-87(19,20)21)30-66(75(64)119-51(5)6)36-68-32-60(40-104-44-72(96-100-104)48-116-80(108)56(12)92-84(112)124-88(22,23)24)31-67(76(68)120-52(7)8)35-65-29-58(27-63(33-61)74(65)118-50(3)4)38-102-42-70(94-98-102)46-114-78(106)54(10)90-82(110)122-86(16,17)18/h25-32,41-44,49-56H,33-40,45-48H2,1-24H3,(H,89,109)(H,90,110)(H,91,111)(H,92,112). The number of benzene rings is 4. The number of rotatable bonds is 32. The maximum Gasteiger partial charge on any atom is 0.408 e. The lowest BCUT2D eigenvalue weighted by molar-refractivity contribution is -0.147. The maximum absolute atomic E-state index is 13.3. The average molecular weight is 1720 g/mol. The van der Waals surface area contributed by atoms with Crippen LogP contribution in [-0.2, 0) is 135 Å². The molecule has 8 bridgehead atoms. The highest BCUT2D eigenvalue weighted by Gasteiger charge is 2.32. The predicted molar refractivity (Wildman–Crippen MR) is 451 cm³/mol. The molecule has 124 heavy (non-hydrogen) atoms.